The van der Waals surface area contributed by atoms with E-state index in [9.17, 15) is 10.2 Å². The Morgan fingerprint density at radius 3 is 2.35 bits per heavy atom. The topological polar surface area (TPSA) is 79.0 Å². The molecule has 0 bridgehead atoms. The zero-order valence-corrected chi connectivity index (χ0v) is 14.6. The molecule has 23 heavy (non-hydrogen) atoms. The van der Waals surface area contributed by atoms with Gasteiger partial charge in [-0.1, -0.05) is 15.9 Å². The highest BCUT2D eigenvalue weighted by Gasteiger charge is 2.16. The van der Waals surface area contributed by atoms with E-state index < -0.39 is 0 Å². The standard InChI is InChI=1S/C17H21BrN2O3/c1-23-17-5-2-12(18)10-15(17)14-11-13(19)3-4-16(14)20(6-8-21)7-9-22/h2-5,10-11,21-22H,6-9,19H2,1H3. The van der Waals surface area contributed by atoms with E-state index in [2.05, 4.69) is 15.9 Å². The molecule has 2 aromatic carbocycles. The second-order valence-corrected chi connectivity index (χ2v) is 5.97. The molecular weight excluding hydrogens is 360 g/mol. The summed E-state index contributed by atoms with van der Waals surface area (Å²) in [5.41, 5.74) is 9.29. The van der Waals surface area contributed by atoms with Crippen molar-refractivity contribution >= 4 is 27.3 Å². The molecule has 0 radical (unpaired) electrons. The van der Waals surface area contributed by atoms with E-state index >= 15 is 0 Å². The van der Waals surface area contributed by atoms with Crippen LogP contribution in [0.2, 0.25) is 0 Å². The molecule has 0 aliphatic heterocycles. The van der Waals surface area contributed by atoms with Gasteiger partial charge in [-0.25, -0.2) is 0 Å². The highest BCUT2D eigenvalue weighted by molar-refractivity contribution is 9.10. The van der Waals surface area contributed by atoms with Crippen molar-refractivity contribution < 1.29 is 14.9 Å². The van der Waals surface area contributed by atoms with Crippen molar-refractivity contribution in [2.45, 2.75) is 0 Å². The van der Waals surface area contributed by atoms with Gasteiger partial charge in [0.25, 0.3) is 0 Å². The molecule has 0 unspecified atom stereocenters. The predicted molar refractivity (Wildman–Crippen MR) is 96.9 cm³/mol. The van der Waals surface area contributed by atoms with Crippen LogP contribution in [0, 0.1) is 0 Å². The number of anilines is 2. The van der Waals surface area contributed by atoms with Gasteiger partial charge in [-0.3, -0.25) is 0 Å². The number of rotatable bonds is 7. The van der Waals surface area contributed by atoms with Crippen LogP contribution in [-0.2, 0) is 0 Å². The molecule has 0 atom stereocenters. The maximum Gasteiger partial charge on any atom is 0.126 e. The van der Waals surface area contributed by atoms with E-state index in [4.69, 9.17) is 10.5 Å². The molecule has 5 nitrogen and oxygen atoms in total. The monoisotopic (exact) mass is 380 g/mol. The van der Waals surface area contributed by atoms with Crippen LogP contribution in [0.15, 0.2) is 40.9 Å². The number of hydrogen-bond donors (Lipinski definition) is 3. The highest BCUT2D eigenvalue weighted by atomic mass is 79.9. The highest BCUT2D eigenvalue weighted by Crippen LogP contribution is 2.39. The smallest absolute Gasteiger partial charge is 0.126 e. The number of aliphatic hydroxyl groups is 2. The van der Waals surface area contributed by atoms with Crippen LogP contribution in [0.5, 0.6) is 5.75 Å². The van der Waals surface area contributed by atoms with E-state index in [-0.39, 0.29) is 13.2 Å². The summed E-state index contributed by atoms with van der Waals surface area (Å²) in [5, 5.41) is 18.6. The molecule has 0 saturated carbocycles. The van der Waals surface area contributed by atoms with Crippen LogP contribution < -0.4 is 15.4 Å². The Morgan fingerprint density at radius 2 is 1.74 bits per heavy atom. The van der Waals surface area contributed by atoms with Crippen LogP contribution >= 0.6 is 15.9 Å². The van der Waals surface area contributed by atoms with Gasteiger partial charge < -0.3 is 25.6 Å². The van der Waals surface area contributed by atoms with Crippen molar-refractivity contribution in [1.82, 2.24) is 0 Å². The zero-order chi connectivity index (χ0) is 16.8. The SMILES string of the molecule is COc1ccc(Br)cc1-c1cc(N)ccc1N(CCO)CCO. The van der Waals surface area contributed by atoms with Gasteiger partial charge >= 0.3 is 0 Å². The Morgan fingerprint density at radius 1 is 1.04 bits per heavy atom. The number of halogens is 1. The van der Waals surface area contributed by atoms with E-state index in [1.807, 2.05) is 41.3 Å². The molecule has 2 aromatic rings. The number of hydrogen-bond acceptors (Lipinski definition) is 5. The number of ether oxygens (including phenoxy) is 1. The summed E-state index contributed by atoms with van der Waals surface area (Å²) >= 11 is 3.48. The van der Waals surface area contributed by atoms with Gasteiger partial charge in [0.1, 0.15) is 5.75 Å². The fourth-order valence-corrected chi connectivity index (χ4v) is 2.89. The molecule has 124 valence electrons. The zero-order valence-electron chi connectivity index (χ0n) is 13.0. The summed E-state index contributed by atoms with van der Waals surface area (Å²) in [6, 6.07) is 11.3. The average molecular weight is 381 g/mol. The molecule has 2 rings (SSSR count). The minimum atomic E-state index is -0.000560. The van der Waals surface area contributed by atoms with Crippen molar-refractivity contribution in [3.8, 4) is 16.9 Å². The molecule has 0 heterocycles. The van der Waals surface area contributed by atoms with Gasteiger partial charge in [0.05, 0.1) is 20.3 Å². The number of nitrogens with zero attached hydrogens (tertiary/aromatic N) is 1. The summed E-state index contributed by atoms with van der Waals surface area (Å²) < 4.78 is 6.40. The van der Waals surface area contributed by atoms with Crippen LogP contribution in [0.25, 0.3) is 11.1 Å². The molecule has 4 N–H and O–H groups in total. The van der Waals surface area contributed by atoms with Crippen molar-refractivity contribution in [2.24, 2.45) is 0 Å². The number of benzene rings is 2. The first kappa shape index (κ1) is 17.6. The van der Waals surface area contributed by atoms with Crippen molar-refractivity contribution in [3.05, 3.63) is 40.9 Å². The Kier molecular flexibility index (Phi) is 6.27. The minimum Gasteiger partial charge on any atom is -0.496 e. The Bertz CT molecular complexity index is 658. The van der Waals surface area contributed by atoms with Crippen LogP contribution in [0.4, 0.5) is 11.4 Å². The summed E-state index contributed by atoms with van der Waals surface area (Å²) in [5.74, 6) is 0.730. The molecule has 0 aromatic heterocycles. The number of nitrogen functional groups attached to an aromatic ring is 1. The molecule has 0 amide bonds. The molecular formula is C17H21BrN2O3. The first-order valence-corrected chi connectivity index (χ1v) is 8.10. The molecule has 0 spiro atoms. The van der Waals surface area contributed by atoms with Gasteiger partial charge in [0.15, 0.2) is 0 Å². The van der Waals surface area contributed by atoms with Gasteiger partial charge in [-0.15, -0.1) is 0 Å². The second-order valence-electron chi connectivity index (χ2n) is 5.06. The fraction of sp³-hybridized carbons (Fsp3) is 0.294. The largest absolute Gasteiger partial charge is 0.496 e. The quantitative estimate of drug-likeness (QED) is 0.643. The van der Waals surface area contributed by atoms with Crippen LogP contribution in [0.1, 0.15) is 0 Å². The minimum absolute atomic E-state index is 0.000560. The summed E-state index contributed by atoms with van der Waals surface area (Å²) in [7, 11) is 1.62. The van der Waals surface area contributed by atoms with Gasteiger partial charge in [-0.2, -0.15) is 0 Å². The summed E-state index contributed by atoms with van der Waals surface area (Å²) in [6.07, 6.45) is 0. The van der Waals surface area contributed by atoms with Crippen LogP contribution in [-0.4, -0.2) is 43.6 Å². The molecule has 6 heteroatoms. The maximum absolute atomic E-state index is 9.31. The van der Waals surface area contributed by atoms with Gasteiger partial charge in [0.2, 0.25) is 0 Å². The Labute approximate surface area is 144 Å². The van der Waals surface area contributed by atoms with Crippen LogP contribution in [0.3, 0.4) is 0 Å². The number of methoxy groups -OCH3 is 1. The predicted octanol–water partition coefficient (Wildman–Crippen LogP) is 2.50. The first-order valence-electron chi connectivity index (χ1n) is 7.30. The summed E-state index contributed by atoms with van der Waals surface area (Å²) in [4.78, 5) is 1.93. The van der Waals surface area contributed by atoms with Crippen molar-refractivity contribution in [2.75, 3.05) is 44.0 Å². The van der Waals surface area contributed by atoms with Crippen molar-refractivity contribution in [1.29, 1.82) is 0 Å². The lowest BCUT2D eigenvalue weighted by molar-refractivity contribution is 0.281. The average Bonchev–Trinajstić information content (AvgIpc) is 2.54. The van der Waals surface area contributed by atoms with E-state index in [1.54, 1.807) is 7.11 Å². The molecule has 0 aliphatic rings. The van der Waals surface area contributed by atoms with E-state index in [0.29, 0.717) is 18.8 Å². The summed E-state index contributed by atoms with van der Waals surface area (Å²) in [6.45, 7) is 0.848. The third kappa shape index (κ3) is 4.16. The van der Waals surface area contributed by atoms with Gasteiger partial charge in [-0.05, 0) is 36.4 Å². The number of nitrogens with two attached hydrogens (primary N) is 1. The van der Waals surface area contributed by atoms with E-state index in [0.717, 1.165) is 27.0 Å². The number of aliphatic hydroxyl groups excluding tert-OH is 2. The lowest BCUT2D eigenvalue weighted by atomic mass is 10.0. The Balaban J connectivity index is 2.61. The second kappa shape index (κ2) is 8.19. The third-order valence-corrected chi connectivity index (χ3v) is 4.05. The van der Waals surface area contributed by atoms with Gasteiger partial charge in [0, 0.05) is 40.1 Å². The molecule has 0 fully saturated rings. The maximum atomic E-state index is 9.31. The lowest BCUT2D eigenvalue weighted by Gasteiger charge is -2.26. The lowest BCUT2D eigenvalue weighted by Crippen LogP contribution is -2.30. The fourth-order valence-electron chi connectivity index (χ4n) is 2.53. The normalized spacial score (nSPS) is 10.6. The Hall–Kier alpha value is -1.76. The third-order valence-electron chi connectivity index (χ3n) is 3.55. The van der Waals surface area contributed by atoms with E-state index in [1.165, 1.54) is 0 Å². The van der Waals surface area contributed by atoms with Crippen molar-refractivity contribution in [3.63, 3.8) is 0 Å². The first-order chi connectivity index (χ1) is 11.1. The molecule has 0 saturated heterocycles. The molecule has 0 aliphatic carbocycles.